The molecule has 0 unspecified atom stereocenters. The van der Waals surface area contributed by atoms with E-state index in [1.165, 1.54) is 6.20 Å². The SMILES string of the molecule is [2H]C([2H])([2H])c1cnc(-c2cccc3c2oc2c3ccc3c2ccc2nc(C(C)(C)C)oc23)cc1C([2H])([2H])C(C)(C)C. The first-order valence-electron chi connectivity index (χ1n) is 14.7. The van der Waals surface area contributed by atoms with Crippen LogP contribution < -0.4 is 0 Å². The molecule has 0 saturated heterocycles. The maximum atomic E-state index is 8.90. The summed E-state index contributed by atoms with van der Waals surface area (Å²) in [5, 5.41) is 3.60. The molecule has 0 amide bonds. The number of hydrogen-bond donors (Lipinski definition) is 0. The van der Waals surface area contributed by atoms with Crippen LogP contribution in [0.4, 0.5) is 0 Å². The molecule has 3 aromatic carbocycles. The summed E-state index contributed by atoms with van der Waals surface area (Å²) < 4.78 is 54.7. The summed E-state index contributed by atoms with van der Waals surface area (Å²) in [5.74, 6) is 0.671. The van der Waals surface area contributed by atoms with E-state index in [-0.39, 0.29) is 16.5 Å². The van der Waals surface area contributed by atoms with E-state index >= 15 is 0 Å². The second-order valence-electron chi connectivity index (χ2n) is 11.5. The predicted molar refractivity (Wildman–Crippen MR) is 149 cm³/mol. The molecule has 0 bridgehead atoms. The van der Waals surface area contributed by atoms with Crippen LogP contribution in [-0.4, -0.2) is 9.97 Å². The Labute approximate surface area is 218 Å². The third-order valence-electron chi connectivity index (χ3n) is 6.34. The maximum Gasteiger partial charge on any atom is 0.200 e. The molecule has 0 N–H and O–H groups in total. The summed E-state index contributed by atoms with van der Waals surface area (Å²) in [6.45, 7) is 8.97. The van der Waals surface area contributed by atoms with Gasteiger partial charge >= 0.3 is 0 Å². The maximum absolute atomic E-state index is 8.90. The van der Waals surface area contributed by atoms with Crippen molar-refractivity contribution in [2.75, 3.05) is 0 Å². The molecule has 0 radical (unpaired) electrons. The number of aryl methyl sites for hydroxylation is 1. The number of furan rings is 1. The van der Waals surface area contributed by atoms with E-state index in [9.17, 15) is 0 Å². The summed E-state index contributed by atoms with van der Waals surface area (Å²) in [6, 6.07) is 15.3. The summed E-state index contributed by atoms with van der Waals surface area (Å²) in [6.07, 6.45) is -0.647. The highest BCUT2D eigenvalue weighted by molar-refractivity contribution is 6.20. The lowest BCUT2D eigenvalue weighted by molar-refractivity contribution is 0.410. The minimum absolute atomic E-state index is 0.0883. The van der Waals surface area contributed by atoms with E-state index in [2.05, 4.69) is 25.8 Å². The Morgan fingerprint density at radius 3 is 2.22 bits per heavy atom. The van der Waals surface area contributed by atoms with Gasteiger partial charge in [0.2, 0.25) is 5.89 Å². The number of oxazole rings is 1. The monoisotopic (exact) mass is 481 g/mol. The van der Waals surface area contributed by atoms with Gasteiger partial charge in [0.05, 0.1) is 5.69 Å². The first-order chi connectivity index (χ1) is 19.0. The highest BCUT2D eigenvalue weighted by Crippen LogP contribution is 2.41. The molecule has 6 rings (SSSR count). The Hall–Kier alpha value is -3.66. The molecule has 3 heterocycles. The average Bonchev–Trinajstić information content (AvgIpc) is 3.49. The largest absolute Gasteiger partial charge is 0.455 e. The quantitative estimate of drug-likeness (QED) is 0.247. The van der Waals surface area contributed by atoms with Gasteiger partial charge in [0.25, 0.3) is 0 Å². The zero-order chi connectivity index (χ0) is 29.7. The lowest BCUT2D eigenvalue weighted by Crippen LogP contribution is -2.10. The molecule has 0 spiro atoms. The molecular formula is C32H32N2O2. The molecule has 4 nitrogen and oxygen atoms in total. The lowest BCUT2D eigenvalue weighted by Gasteiger charge is -2.20. The first kappa shape index (κ1) is 17.7. The van der Waals surface area contributed by atoms with Gasteiger partial charge in [-0.05, 0) is 66.2 Å². The Balaban J connectivity index is 1.60. The molecule has 0 saturated carbocycles. The molecular weight excluding hydrogens is 444 g/mol. The topological polar surface area (TPSA) is 52.1 Å². The Bertz CT molecular complexity index is 1990. The fourth-order valence-electron chi connectivity index (χ4n) is 4.68. The van der Waals surface area contributed by atoms with Crippen LogP contribution in [0.3, 0.4) is 0 Å². The third-order valence-corrected chi connectivity index (χ3v) is 6.34. The molecule has 0 aliphatic heterocycles. The number of nitrogens with zero attached hydrogens (tertiary/aromatic N) is 2. The first-order valence-corrected chi connectivity index (χ1v) is 12.2. The third kappa shape index (κ3) is 3.67. The Kier molecular flexibility index (Phi) is 3.77. The number of hydrogen-bond acceptors (Lipinski definition) is 4. The number of aromatic nitrogens is 2. The van der Waals surface area contributed by atoms with Gasteiger partial charge in [0.15, 0.2) is 5.58 Å². The Morgan fingerprint density at radius 1 is 0.833 bits per heavy atom. The smallest absolute Gasteiger partial charge is 0.200 e. The standard InChI is InChI=1S/C32H32N2O2/c1-18-17-33-26(15-19(18)16-31(2,3)4)24-10-8-9-20-21-11-12-23-22(27(21)35-28(20)24)13-14-25-29(23)36-30(34-25)32(5,6)7/h8-15,17H,16H2,1-7H3/i1D3,16D2. The van der Waals surface area contributed by atoms with Crippen molar-refractivity contribution in [3.8, 4) is 11.3 Å². The van der Waals surface area contributed by atoms with Crippen LogP contribution in [0, 0.1) is 12.3 Å². The van der Waals surface area contributed by atoms with Crippen molar-refractivity contribution in [3.05, 3.63) is 71.7 Å². The normalized spacial score (nSPS) is 15.8. The van der Waals surface area contributed by atoms with E-state index in [0.717, 1.165) is 27.1 Å². The van der Waals surface area contributed by atoms with Crippen LogP contribution in [0.2, 0.25) is 0 Å². The molecule has 6 aromatic rings. The summed E-state index contributed by atoms with van der Waals surface area (Å²) in [4.78, 5) is 9.21. The summed E-state index contributed by atoms with van der Waals surface area (Å²) in [7, 11) is 0. The van der Waals surface area contributed by atoms with E-state index in [1.807, 2.05) is 42.5 Å². The molecule has 0 atom stereocenters. The summed E-state index contributed by atoms with van der Waals surface area (Å²) in [5.41, 5.74) is 2.84. The van der Waals surface area contributed by atoms with Crippen molar-refractivity contribution >= 4 is 43.8 Å². The van der Waals surface area contributed by atoms with E-state index in [1.54, 1.807) is 26.8 Å². The lowest BCUT2D eigenvalue weighted by atomic mass is 9.86. The van der Waals surface area contributed by atoms with Gasteiger partial charge < -0.3 is 8.83 Å². The van der Waals surface area contributed by atoms with Crippen molar-refractivity contribution in [2.24, 2.45) is 5.41 Å². The van der Waals surface area contributed by atoms with Crippen LogP contribution in [0.1, 0.15) is 65.4 Å². The van der Waals surface area contributed by atoms with Gasteiger partial charge in [-0.15, -0.1) is 0 Å². The molecule has 0 aliphatic carbocycles. The fraction of sp³-hybridized carbons (Fsp3) is 0.312. The second kappa shape index (κ2) is 7.67. The zero-order valence-electron chi connectivity index (χ0n) is 26.4. The minimum atomic E-state index is -2.51. The van der Waals surface area contributed by atoms with Crippen molar-refractivity contribution in [1.82, 2.24) is 9.97 Å². The van der Waals surface area contributed by atoms with Crippen molar-refractivity contribution in [1.29, 1.82) is 0 Å². The summed E-state index contributed by atoms with van der Waals surface area (Å²) >= 11 is 0. The van der Waals surface area contributed by atoms with Crippen LogP contribution in [0.15, 0.2) is 63.6 Å². The van der Waals surface area contributed by atoms with Crippen LogP contribution in [-0.2, 0) is 11.8 Å². The van der Waals surface area contributed by atoms with Crippen molar-refractivity contribution in [2.45, 2.75) is 60.2 Å². The van der Waals surface area contributed by atoms with E-state index in [0.29, 0.717) is 33.9 Å². The van der Waals surface area contributed by atoms with Crippen molar-refractivity contribution < 1.29 is 15.7 Å². The van der Waals surface area contributed by atoms with Gasteiger partial charge in [0, 0.05) is 45.6 Å². The molecule has 0 aliphatic rings. The van der Waals surface area contributed by atoms with Crippen LogP contribution in [0.5, 0.6) is 0 Å². The predicted octanol–water partition coefficient (Wildman–Crippen LogP) is 9.14. The van der Waals surface area contributed by atoms with Crippen LogP contribution >= 0.6 is 0 Å². The molecule has 3 aromatic heterocycles. The van der Waals surface area contributed by atoms with Crippen LogP contribution in [0.25, 0.3) is 55.1 Å². The highest BCUT2D eigenvalue weighted by atomic mass is 16.4. The molecule has 0 fully saturated rings. The molecule has 4 heteroatoms. The number of fused-ring (bicyclic) bond motifs is 7. The van der Waals surface area contributed by atoms with Gasteiger partial charge in [-0.25, -0.2) is 4.98 Å². The number of para-hydroxylation sites is 1. The van der Waals surface area contributed by atoms with Gasteiger partial charge in [-0.3, -0.25) is 4.98 Å². The zero-order valence-corrected chi connectivity index (χ0v) is 21.4. The number of rotatable bonds is 2. The van der Waals surface area contributed by atoms with E-state index in [4.69, 9.17) is 20.7 Å². The van der Waals surface area contributed by atoms with E-state index < -0.39 is 18.6 Å². The second-order valence-corrected chi connectivity index (χ2v) is 11.5. The van der Waals surface area contributed by atoms with Crippen molar-refractivity contribution in [3.63, 3.8) is 0 Å². The van der Waals surface area contributed by atoms with Gasteiger partial charge in [0.1, 0.15) is 16.7 Å². The van der Waals surface area contributed by atoms with Gasteiger partial charge in [-0.1, -0.05) is 53.7 Å². The minimum Gasteiger partial charge on any atom is -0.455 e. The highest BCUT2D eigenvalue weighted by Gasteiger charge is 2.23. The average molecular weight is 482 g/mol. The number of benzene rings is 3. The molecule has 182 valence electrons. The fourth-order valence-corrected chi connectivity index (χ4v) is 4.68. The number of pyridine rings is 1. The van der Waals surface area contributed by atoms with Gasteiger partial charge in [-0.2, -0.15) is 0 Å². The molecule has 36 heavy (non-hydrogen) atoms. The Morgan fingerprint density at radius 2 is 1.53 bits per heavy atom.